The second kappa shape index (κ2) is 5.61. The first-order valence-corrected chi connectivity index (χ1v) is 5.90. The van der Waals surface area contributed by atoms with Crippen molar-refractivity contribution >= 4 is 17.6 Å². The average Bonchev–Trinajstić information content (AvgIpc) is 2.37. The first kappa shape index (κ1) is 15.1. The number of carbonyl (C=O) groups is 1. The van der Waals surface area contributed by atoms with Gasteiger partial charge in [-0.25, -0.2) is 4.79 Å². The summed E-state index contributed by atoms with van der Waals surface area (Å²) in [5.74, 6) is -1.71. The lowest BCUT2D eigenvalue weighted by atomic mass is 10.1. The van der Waals surface area contributed by atoms with Gasteiger partial charge in [0.1, 0.15) is 5.75 Å². The van der Waals surface area contributed by atoms with Crippen molar-refractivity contribution in [3.63, 3.8) is 0 Å². The zero-order chi connectivity index (χ0) is 15.6. The molecule has 8 heteroatoms. The van der Waals surface area contributed by atoms with E-state index in [0.717, 1.165) is 18.3 Å². The molecule has 1 N–H and O–H groups in total. The molecule has 21 heavy (non-hydrogen) atoms. The van der Waals surface area contributed by atoms with Crippen LogP contribution in [0.25, 0.3) is 11.3 Å². The first-order valence-electron chi connectivity index (χ1n) is 5.52. The van der Waals surface area contributed by atoms with Crippen molar-refractivity contribution in [2.24, 2.45) is 0 Å². The molecule has 2 aromatic rings. The number of alkyl halides is 3. The van der Waals surface area contributed by atoms with E-state index in [9.17, 15) is 18.0 Å². The second-order valence-corrected chi connectivity index (χ2v) is 4.31. The molecule has 0 aliphatic carbocycles. The Morgan fingerprint density at radius 2 is 1.95 bits per heavy atom. The molecular weight excluding hydrogens is 311 g/mol. The molecule has 1 aromatic carbocycles. The summed E-state index contributed by atoms with van der Waals surface area (Å²) >= 11 is 5.89. The van der Waals surface area contributed by atoms with E-state index < -0.39 is 18.1 Å². The number of aromatic nitrogens is 1. The molecule has 0 aliphatic rings. The molecule has 0 saturated heterocycles. The second-order valence-electron chi connectivity index (χ2n) is 3.90. The number of benzene rings is 1. The molecule has 0 spiro atoms. The summed E-state index contributed by atoms with van der Waals surface area (Å²) in [4.78, 5) is 14.6. The Labute approximate surface area is 121 Å². The van der Waals surface area contributed by atoms with Crippen LogP contribution in [0.1, 0.15) is 10.4 Å². The Balaban J connectivity index is 2.50. The number of ether oxygens (including phenoxy) is 1. The van der Waals surface area contributed by atoms with E-state index in [2.05, 4.69) is 9.72 Å². The molecule has 0 radical (unpaired) electrons. The van der Waals surface area contributed by atoms with Gasteiger partial charge in [-0.05, 0) is 18.2 Å². The molecule has 1 heterocycles. The van der Waals surface area contributed by atoms with Crippen LogP contribution in [0.2, 0.25) is 5.02 Å². The fourth-order valence-electron chi connectivity index (χ4n) is 1.63. The quantitative estimate of drug-likeness (QED) is 0.929. The minimum Gasteiger partial charge on any atom is -0.478 e. The molecule has 0 unspecified atom stereocenters. The molecular formula is C13H7ClF3NO3. The van der Waals surface area contributed by atoms with Gasteiger partial charge in [0.25, 0.3) is 0 Å². The zero-order valence-corrected chi connectivity index (χ0v) is 10.9. The molecule has 0 saturated carbocycles. The number of aromatic carboxylic acids is 1. The molecule has 0 aliphatic heterocycles. The summed E-state index contributed by atoms with van der Waals surface area (Å²) in [5, 5.41) is 8.72. The number of pyridine rings is 1. The number of nitrogens with zero attached hydrogens (tertiary/aromatic N) is 1. The number of hydrogen-bond acceptors (Lipinski definition) is 3. The fourth-order valence-corrected chi connectivity index (χ4v) is 1.90. The van der Waals surface area contributed by atoms with Gasteiger partial charge in [0.2, 0.25) is 0 Å². The van der Waals surface area contributed by atoms with Gasteiger partial charge in [0.05, 0.1) is 16.3 Å². The summed E-state index contributed by atoms with van der Waals surface area (Å²) in [5.41, 5.74) is -0.156. The minimum absolute atomic E-state index is 0.00140. The van der Waals surface area contributed by atoms with Gasteiger partial charge in [-0.15, -0.1) is 13.2 Å². The van der Waals surface area contributed by atoms with E-state index in [0.29, 0.717) is 0 Å². The highest BCUT2D eigenvalue weighted by atomic mass is 35.5. The fraction of sp³-hybridized carbons (Fsp3) is 0.0769. The monoisotopic (exact) mass is 317 g/mol. The van der Waals surface area contributed by atoms with Crippen LogP contribution >= 0.6 is 11.6 Å². The van der Waals surface area contributed by atoms with Crippen molar-refractivity contribution in [1.82, 2.24) is 4.98 Å². The van der Waals surface area contributed by atoms with Crippen LogP contribution < -0.4 is 4.74 Å². The Hall–Kier alpha value is -2.28. The normalized spacial score (nSPS) is 11.2. The third-order valence-electron chi connectivity index (χ3n) is 2.46. The molecule has 110 valence electrons. The SMILES string of the molecule is O=C(O)c1cnc(-c2ccccc2OC(F)(F)F)c(Cl)c1. The maximum Gasteiger partial charge on any atom is 0.573 e. The van der Waals surface area contributed by atoms with Gasteiger partial charge in [-0.3, -0.25) is 4.98 Å². The number of carboxylic acids is 1. The number of halogens is 4. The number of carboxylic acid groups (broad SMARTS) is 1. The van der Waals surface area contributed by atoms with Crippen molar-refractivity contribution in [2.45, 2.75) is 6.36 Å². The smallest absolute Gasteiger partial charge is 0.478 e. The molecule has 4 nitrogen and oxygen atoms in total. The van der Waals surface area contributed by atoms with E-state index in [-0.39, 0.29) is 21.8 Å². The highest BCUT2D eigenvalue weighted by molar-refractivity contribution is 6.33. The van der Waals surface area contributed by atoms with E-state index in [1.165, 1.54) is 18.2 Å². The summed E-state index contributed by atoms with van der Waals surface area (Å²) in [7, 11) is 0. The predicted octanol–water partition coefficient (Wildman–Crippen LogP) is 4.00. The first-order chi connectivity index (χ1) is 9.78. The molecule has 2 rings (SSSR count). The summed E-state index contributed by atoms with van der Waals surface area (Å²) in [6.07, 6.45) is -3.85. The predicted molar refractivity (Wildman–Crippen MR) is 68.3 cm³/mol. The lowest BCUT2D eigenvalue weighted by Gasteiger charge is -2.13. The zero-order valence-electron chi connectivity index (χ0n) is 10.2. The third kappa shape index (κ3) is 3.63. The highest BCUT2D eigenvalue weighted by Gasteiger charge is 2.32. The lowest BCUT2D eigenvalue weighted by Crippen LogP contribution is -2.17. The van der Waals surface area contributed by atoms with Crippen LogP contribution in [-0.2, 0) is 0 Å². The van der Waals surface area contributed by atoms with Crippen LogP contribution in [0, 0.1) is 0 Å². The van der Waals surface area contributed by atoms with Crippen LogP contribution in [-0.4, -0.2) is 22.4 Å². The van der Waals surface area contributed by atoms with E-state index in [4.69, 9.17) is 16.7 Å². The number of rotatable bonds is 3. The highest BCUT2D eigenvalue weighted by Crippen LogP contribution is 2.36. The van der Waals surface area contributed by atoms with Crippen molar-refractivity contribution < 1.29 is 27.8 Å². The molecule has 0 bridgehead atoms. The Morgan fingerprint density at radius 1 is 1.29 bits per heavy atom. The van der Waals surface area contributed by atoms with E-state index in [1.54, 1.807) is 0 Å². The van der Waals surface area contributed by atoms with Gasteiger partial charge in [0.15, 0.2) is 0 Å². The van der Waals surface area contributed by atoms with Crippen molar-refractivity contribution in [3.05, 3.63) is 47.1 Å². The standard InChI is InChI=1S/C13H7ClF3NO3/c14-9-5-7(12(19)20)6-18-11(9)8-3-1-2-4-10(8)21-13(15,16)17/h1-6H,(H,19,20). The van der Waals surface area contributed by atoms with Crippen LogP contribution in [0.3, 0.4) is 0 Å². The van der Waals surface area contributed by atoms with E-state index >= 15 is 0 Å². The molecule has 0 atom stereocenters. The maximum absolute atomic E-state index is 12.4. The van der Waals surface area contributed by atoms with Gasteiger partial charge in [-0.2, -0.15) is 0 Å². The van der Waals surface area contributed by atoms with Crippen LogP contribution in [0.15, 0.2) is 36.5 Å². The van der Waals surface area contributed by atoms with Crippen molar-refractivity contribution in [3.8, 4) is 17.0 Å². The third-order valence-corrected chi connectivity index (χ3v) is 2.74. The van der Waals surface area contributed by atoms with Gasteiger partial charge < -0.3 is 9.84 Å². The summed E-state index contributed by atoms with van der Waals surface area (Å²) in [6.45, 7) is 0. The Kier molecular flexibility index (Phi) is 4.04. The van der Waals surface area contributed by atoms with Crippen LogP contribution in [0.4, 0.5) is 13.2 Å². The van der Waals surface area contributed by atoms with Gasteiger partial charge in [0, 0.05) is 11.8 Å². The summed E-state index contributed by atoms with van der Waals surface area (Å²) < 4.78 is 41.0. The molecule has 1 aromatic heterocycles. The minimum atomic E-state index is -4.86. The summed E-state index contributed by atoms with van der Waals surface area (Å²) in [6, 6.07) is 6.42. The topological polar surface area (TPSA) is 59.4 Å². The number of hydrogen-bond donors (Lipinski definition) is 1. The van der Waals surface area contributed by atoms with E-state index in [1.807, 2.05) is 0 Å². The largest absolute Gasteiger partial charge is 0.573 e. The maximum atomic E-state index is 12.4. The van der Waals surface area contributed by atoms with Gasteiger partial charge >= 0.3 is 12.3 Å². The van der Waals surface area contributed by atoms with Crippen LogP contribution in [0.5, 0.6) is 5.75 Å². The van der Waals surface area contributed by atoms with Crippen molar-refractivity contribution in [2.75, 3.05) is 0 Å². The molecule has 0 amide bonds. The average molecular weight is 318 g/mol. The molecule has 0 fully saturated rings. The van der Waals surface area contributed by atoms with Gasteiger partial charge in [-0.1, -0.05) is 23.7 Å². The van der Waals surface area contributed by atoms with Crippen molar-refractivity contribution in [1.29, 1.82) is 0 Å². The Bertz CT molecular complexity index is 689. The lowest BCUT2D eigenvalue weighted by molar-refractivity contribution is -0.274. The number of para-hydroxylation sites is 1. The Morgan fingerprint density at radius 3 is 2.52 bits per heavy atom.